The van der Waals surface area contributed by atoms with Crippen LogP contribution in [0.25, 0.3) is 0 Å². The number of carbonyl (C=O) groups is 1. The lowest BCUT2D eigenvalue weighted by molar-refractivity contribution is -0.124. The summed E-state index contributed by atoms with van der Waals surface area (Å²) in [6, 6.07) is 5.83. The predicted molar refractivity (Wildman–Crippen MR) is 64.2 cm³/mol. The smallest absolute Gasteiger partial charge is 0.247 e. The van der Waals surface area contributed by atoms with Gasteiger partial charge in [0.25, 0.3) is 0 Å². The summed E-state index contributed by atoms with van der Waals surface area (Å²) >= 11 is 0. The van der Waals surface area contributed by atoms with Gasteiger partial charge in [0, 0.05) is 13.2 Å². The second kappa shape index (κ2) is 4.54. The Labute approximate surface area is 101 Å². The van der Waals surface area contributed by atoms with Crippen LogP contribution in [0, 0.1) is 16.7 Å². The molecule has 17 heavy (non-hydrogen) atoms. The second-order valence-corrected chi connectivity index (χ2v) is 4.48. The Bertz CT molecular complexity index is 443. The van der Waals surface area contributed by atoms with E-state index in [4.69, 9.17) is 0 Å². The zero-order valence-electron chi connectivity index (χ0n) is 9.89. The van der Waals surface area contributed by atoms with E-state index >= 15 is 0 Å². The van der Waals surface area contributed by atoms with Crippen molar-refractivity contribution in [3.63, 3.8) is 0 Å². The molecule has 0 saturated heterocycles. The fourth-order valence-electron chi connectivity index (χ4n) is 2.34. The van der Waals surface area contributed by atoms with Crippen molar-refractivity contribution < 1.29 is 4.79 Å². The minimum absolute atomic E-state index is 0.106. The van der Waals surface area contributed by atoms with E-state index in [0.29, 0.717) is 12.8 Å². The van der Waals surface area contributed by atoms with Crippen molar-refractivity contribution in [1.82, 2.24) is 4.98 Å². The third-order valence-electron chi connectivity index (χ3n) is 3.42. The van der Waals surface area contributed by atoms with Crippen LogP contribution in [0.5, 0.6) is 0 Å². The average Bonchev–Trinajstić information content (AvgIpc) is 2.88. The number of aromatic nitrogens is 1. The van der Waals surface area contributed by atoms with Gasteiger partial charge < -0.3 is 4.90 Å². The van der Waals surface area contributed by atoms with Gasteiger partial charge in [-0.15, -0.1) is 0 Å². The summed E-state index contributed by atoms with van der Waals surface area (Å²) in [5, 5.41) is 9.27. The predicted octanol–water partition coefficient (Wildman–Crippen LogP) is 2.13. The van der Waals surface area contributed by atoms with Crippen molar-refractivity contribution in [2.75, 3.05) is 11.9 Å². The molecular formula is C13H15N3O. The van der Waals surface area contributed by atoms with Crippen molar-refractivity contribution in [3.05, 3.63) is 24.5 Å². The lowest BCUT2D eigenvalue weighted by Crippen LogP contribution is -2.39. The van der Waals surface area contributed by atoms with Crippen molar-refractivity contribution in [1.29, 1.82) is 5.26 Å². The fraction of sp³-hybridized carbons (Fsp3) is 0.462. The summed E-state index contributed by atoms with van der Waals surface area (Å²) in [5.41, 5.74) is -0.0797. The highest BCUT2D eigenvalue weighted by Crippen LogP contribution is 2.39. The Balaban J connectivity index is 2.23. The molecule has 4 nitrogen and oxygen atoms in total. The van der Waals surface area contributed by atoms with Crippen molar-refractivity contribution in [3.8, 4) is 6.07 Å². The van der Waals surface area contributed by atoms with Crippen LogP contribution in [0.3, 0.4) is 0 Å². The first-order valence-corrected chi connectivity index (χ1v) is 5.79. The topological polar surface area (TPSA) is 57.0 Å². The molecule has 88 valence electrons. The number of nitriles is 1. The summed E-state index contributed by atoms with van der Waals surface area (Å²) in [5.74, 6) is -0.106. The van der Waals surface area contributed by atoms with Crippen LogP contribution in [-0.4, -0.2) is 17.9 Å². The first-order valence-electron chi connectivity index (χ1n) is 5.79. The molecule has 1 aromatic rings. The van der Waals surface area contributed by atoms with Gasteiger partial charge in [-0.1, -0.05) is 12.8 Å². The highest BCUT2D eigenvalue weighted by Gasteiger charge is 2.43. The molecule has 1 saturated carbocycles. The summed E-state index contributed by atoms with van der Waals surface area (Å²) < 4.78 is 0. The van der Waals surface area contributed by atoms with Crippen LogP contribution in [0.15, 0.2) is 24.5 Å². The standard InChI is InChI=1S/C13H15N3O/c1-16(11-5-4-8-15-9-11)12(17)13(10-14)6-2-3-7-13/h4-5,8-9H,2-3,6-7H2,1H3. The molecule has 0 bridgehead atoms. The van der Waals surface area contributed by atoms with Crippen molar-refractivity contribution in [2.45, 2.75) is 25.7 Å². The van der Waals surface area contributed by atoms with Gasteiger partial charge in [0.2, 0.25) is 5.91 Å². The Morgan fingerprint density at radius 3 is 2.76 bits per heavy atom. The number of anilines is 1. The monoisotopic (exact) mass is 229 g/mol. The molecule has 1 fully saturated rings. The normalized spacial score (nSPS) is 17.4. The lowest BCUT2D eigenvalue weighted by atomic mass is 9.86. The molecule has 1 amide bonds. The minimum Gasteiger partial charge on any atom is -0.313 e. The van der Waals surface area contributed by atoms with Gasteiger partial charge in [-0.3, -0.25) is 9.78 Å². The number of hydrogen-bond donors (Lipinski definition) is 0. The van der Waals surface area contributed by atoms with E-state index in [1.165, 1.54) is 0 Å². The quantitative estimate of drug-likeness (QED) is 0.780. The lowest BCUT2D eigenvalue weighted by Gasteiger charge is -2.26. The van der Waals surface area contributed by atoms with Gasteiger partial charge in [0.15, 0.2) is 0 Å². The van der Waals surface area contributed by atoms with Crippen LogP contribution in [-0.2, 0) is 4.79 Å². The minimum atomic E-state index is -0.815. The molecule has 0 unspecified atom stereocenters. The van der Waals surface area contributed by atoms with Crippen LogP contribution < -0.4 is 4.90 Å². The first kappa shape index (κ1) is 11.6. The molecule has 0 aliphatic heterocycles. The number of rotatable bonds is 2. The largest absolute Gasteiger partial charge is 0.313 e. The highest BCUT2D eigenvalue weighted by molar-refractivity contribution is 5.98. The summed E-state index contributed by atoms with van der Waals surface area (Å²) in [7, 11) is 1.71. The van der Waals surface area contributed by atoms with Crippen LogP contribution in [0.4, 0.5) is 5.69 Å². The second-order valence-electron chi connectivity index (χ2n) is 4.48. The summed E-state index contributed by atoms with van der Waals surface area (Å²) in [4.78, 5) is 17.9. The number of nitrogens with zero attached hydrogens (tertiary/aromatic N) is 3. The van der Waals surface area contributed by atoms with Crippen molar-refractivity contribution >= 4 is 11.6 Å². The Morgan fingerprint density at radius 1 is 1.53 bits per heavy atom. The van der Waals surface area contributed by atoms with E-state index in [-0.39, 0.29) is 5.91 Å². The maximum atomic E-state index is 12.4. The number of pyridine rings is 1. The number of hydrogen-bond acceptors (Lipinski definition) is 3. The van der Waals surface area contributed by atoms with Gasteiger partial charge in [0.05, 0.1) is 18.0 Å². The third-order valence-corrected chi connectivity index (χ3v) is 3.42. The fourth-order valence-corrected chi connectivity index (χ4v) is 2.34. The van der Waals surface area contributed by atoms with Crippen LogP contribution >= 0.6 is 0 Å². The third kappa shape index (κ3) is 2.01. The summed E-state index contributed by atoms with van der Waals surface area (Å²) in [6.07, 6.45) is 6.57. The molecular weight excluding hydrogens is 214 g/mol. The van der Waals surface area contributed by atoms with Gasteiger partial charge in [-0.2, -0.15) is 5.26 Å². The van der Waals surface area contributed by atoms with Gasteiger partial charge in [0.1, 0.15) is 5.41 Å². The van der Waals surface area contributed by atoms with E-state index in [0.717, 1.165) is 18.5 Å². The number of carbonyl (C=O) groups excluding carboxylic acids is 1. The maximum Gasteiger partial charge on any atom is 0.247 e. The summed E-state index contributed by atoms with van der Waals surface area (Å²) in [6.45, 7) is 0. The molecule has 0 N–H and O–H groups in total. The van der Waals surface area contributed by atoms with E-state index in [2.05, 4.69) is 11.1 Å². The molecule has 1 heterocycles. The SMILES string of the molecule is CN(C(=O)C1(C#N)CCCC1)c1cccnc1. The van der Waals surface area contributed by atoms with Crippen LogP contribution in [0.1, 0.15) is 25.7 Å². The van der Waals surface area contributed by atoms with E-state index in [1.807, 2.05) is 6.07 Å². The Hall–Kier alpha value is -1.89. The highest BCUT2D eigenvalue weighted by atomic mass is 16.2. The molecule has 0 atom stereocenters. The molecule has 2 rings (SSSR count). The maximum absolute atomic E-state index is 12.4. The van der Waals surface area contributed by atoms with Gasteiger partial charge >= 0.3 is 0 Å². The molecule has 1 aromatic heterocycles. The zero-order valence-corrected chi connectivity index (χ0v) is 9.89. The average molecular weight is 229 g/mol. The van der Waals surface area contributed by atoms with Crippen molar-refractivity contribution in [2.24, 2.45) is 5.41 Å². The molecule has 0 spiro atoms. The Kier molecular flexibility index (Phi) is 3.10. The number of amides is 1. The van der Waals surface area contributed by atoms with Gasteiger partial charge in [-0.05, 0) is 25.0 Å². The first-order chi connectivity index (χ1) is 8.19. The molecule has 1 aliphatic rings. The zero-order chi connectivity index (χ0) is 12.3. The van der Waals surface area contributed by atoms with Crippen LogP contribution in [0.2, 0.25) is 0 Å². The Morgan fingerprint density at radius 2 is 2.24 bits per heavy atom. The van der Waals surface area contributed by atoms with E-state index in [9.17, 15) is 10.1 Å². The molecule has 4 heteroatoms. The van der Waals surface area contributed by atoms with E-state index in [1.54, 1.807) is 30.4 Å². The molecule has 0 aromatic carbocycles. The van der Waals surface area contributed by atoms with E-state index < -0.39 is 5.41 Å². The molecule has 0 radical (unpaired) electrons. The van der Waals surface area contributed by atoms with Gasteiger partial charge in [-0.25, -0.2) is 0 Å². The molecule has 1 aliphatic carbocycles.